The topological polar surface area (TPSA) is 99.0 Å². The molecule has 1 fully saturated rings. The average molecular weight is 270 g/mol. The number of amides is 1. The molecule has 6 nitrogen and oxygen atoms in total. The van der Waals surface area contributed by atoms with E-state index in [0.29, 0.717) is 6.54 Å². The standard InChI is InChI=1S/C13H22N2O4/c1-10(8-15-19)12(18)14-9-13(7-11(16)17)5-3-2-4-6-13/h8,10,19H,2-7,9H2,1H3,(H,14,18)(H,16,17). The van der Waals surface area contributed by atoms with Crippen molar-refractivity contribution in [2.75, 3.05) is 6.54 Å². The van der Waals surface area contributed by atoms with E-state index in [0.717, 1.165) is 38.3 Å². The Bertz CT molecular complexity index is 349. The second-order valence-electron chi connectivity index (χ2n) is 5.40. The largest absolute Gasteiger partial charge is 0.481 e. The lowest BCUT2D eigenvalue weighted by molar-refractivity contribution is -0.140. The van der Waals surface area contributed by atoms with Crippen LogP contribution < -0.4 is 5.32 Å². The van der Waals surface area contributed by atoms with Crippen LogP contribution in [-0.4, -0.2) is 34.9 Å². The normalized spacial score (nSPS) is 20.1. The van der Waals surface area contributed by atoms with Crippen LogP contribution in [0.25, 0.3) is 0 Å². The molecule has 0 bridgehead atoms. The van der Waals surface area contributed by atoms with Crippen molar-refractivity contribution >= 4 is 18.1 Å². The van der Waals surface area contributed by atoms with Crippen molar-refractivity contribution in [3.63, 3.8) is 0 Å². The van der Waals surface area contributed by atoms with E-state index in [-0.39, 0.29) is 17.7 Å². The van der Waals surface area contributed by atoms with Gasteiger partial charge in [-0.1, -0.05) is 19.3 Å². The maximum Gasteiger partial charge on any atom is 0.303 e. The molecule has 1 unspecified atom stereocenters. The van der Waals surface area contributed by atoms with Crippen LogP contribution in [0.1, 0.15) is 45.4 Å². The van der Waals surface area contributed by atoms with Crippen molar-refractivity contribution in [3.05, 3.63) is 0 Å². The fourth-order valence-electron chi connectivity index (χ4n) is 2.64. The van der Waals surface area contributed by atoms with E-state index in [2.05, 4.69) is 10.5 Å². The number of aliphatic carboxylic acids is 1. The molecule has 0 aliphatic heterocycles. The molecule has 1 atom stereocenters. The number of oxime groups is 1. The van der Waals surface area contributed by atoms with Crippen LogP contribution >= 0.6 is 0 Å². The van der Waals surface area contributed by atoms with Crippen LogP contribution in [0.3, 0.4) is 0 Å². The molecule has 0 aromatic heterocycles. The molecule has 0 aromatic rings. The lowest BCUT2D eigenvalue weighted by atomic mass is 9.71. The first-order valence-electron chi connectivity index (χ1n) is 6.66. The smallest absolute Gasteiger partial charge is 0.303 e. The van der Waals surface area contributed by atoms with Gasteiger partial charge in [0.1, 0.15) is 0 Å². The van der Waals surface area contributed by atoms with E-state index < -0.39 is 11.9 Å². The quantitative estimate of drug-likeness (QED) is 0.388. The third-order valence-electron chi connectivity index (χ3n) is 3.78. The summed E-state index contributed by atoms with van der Waals surface area (Å²) < 4.78 is 0. The Morgan fingerprint density at radius 3 is 2.53 bits per heavy atom. The van der Waals surface area contributed by atoms with Crippen LogP contribution in [-0.2, 0) is 9.59 Å². The van der Waals surface area contributed by atoms with Crippen molar-refractivity contribution in [3.8, 4) is 0 Å². The zero-order valence-electron chi connectivity index (χ0n) is 11.3. The molecule has 0 heterocycles. The van der Waals surface area contributed by atoms with Gasteiger partial charge in [0.25, 0.3) is 0 Å². The SMILES string of the molecule is CC(C=NO)C(=O)NCC1(CC(=O)O)CCCCC1. The van der Waals surface area contributed by atoms with E-state index in [1.165, 1.54) is 0 Å². The van der Waals surface area contributed by atoms with Crippen molar-refractivity contribution in [2.45, 2.75) is 45.4 Å². The number of nitrogens with zero attached hydrogens (tertiary/aromatic N) is 1. The van der Waals surface area contributed by atoms with E-state index in [1.54, 1.807) is 6.92 Å². The summed E-state index contributed by atoms with van der Waals surface area (Å²) in [5.41, 5.74) is -0.324. The molecule has 0 aromatic carbocycles. The van der Waals surface area contributed by atoms with E-state index in [4.69, 9.17) is 10.3 Å². The predicted octanol–water partition coefficient (Wildman–Crippen LogP) is 1.62. The summed E-state index contributed by atoms with van der Waals surface area (Å²) in [6.07, 6.45) is 6.07. The summed E-state index contributed by atoms with van der Waals surface area (Å²) in [4.78, 5) is 22.7. The van der Waals surface area contributed by atoms with Crippen LogP contribution in [0.4, 0.5) is 0 Å². The molecule has 0 radical (unpaired) electrons. The first-order chi connectivity index (χ1) is 8.99. The Kier molecular flexibility index (Phi) is 5.79. The van der Waals surface area contributed by atoms with Gasteiger partial charge in [0.15, 0.2) is 0 Å². The van der Waals surface area contributed by atoms with Gasteiger partial charge in [-0.3, -0.25) is 9.59 Å². The number of carboxylic acids is 1. The van der Waals surface area contributed by atoms with Gasteiger partial charge >= 0.3 is 5.97 Å². The number of carbonyl (C=O) groups excluding carboxylic acids is 1. The Labute approximate surface area is 112 Å². The first kappa shape index (κ1) is 15.5. The number of carboxylic acid groups (broad SMARTS) is 1. The third kappa shape index (κ3) is 4.89. The van der Waals surface area contributed by atoms with Crippen molar-refractivity contribution in [2.24, 2.45) is 16.5 Å². The molecule has 1 amide bonds. The van der Waals surface area contributed by atoms with Crippen LogP contribution in [0.15, 0.2) is 5.16 Å². The molecular formula is C13H22N2O4. The lowest BCUT2D eigenvalue weighted by Crippen LogP contribution is -2.42. The minimum absolute atomic E-state index is 0.0930. The van der Waals surface area contributed by atoms with Gasteiger partial charge in [0.05, 0.1) is 18.6 Å². The Balaban J connectivity index is 2.58. The minimum atomic E-state index is -0.818. The summed E-state index contributed by atoms with van der Waals surface area (Å²) in [6, 6.07) is 0. The van der Waals surface area contributed by atoms with E-state index in [9.17, 15) is 9.59 Å². The molecular weight excluding hydrogens is 248 g/mol. The van der Waals surface area contributed by atoms with E-state index >= 15 is 0 Å². The Morgan fingerprint density at radius 2 is 2.00 bits per heavy atom. The van der Waals surface area contributed by atoms with Gasteiger partial charge in [0, 0.05) is 6.54 Å². The van der Waals surface area contributed by atoms with Crippen molar-refractivity contribution in [1.29, 1.82) is 0 Å². The highest BCUT2D eigenvalue weighted by atomic mass is 16.4. The second kappa shape index (κ2) is 7.11. The molecule has 1 rings (SSSR count). The van der Waals surface area contributed by atoms with Gasteiger partial charge in [-0.05, 0) is 25.2 Å². The zero-order valence-corrected chi connectivity index (χ0v) is 11.3. The number of hydrogen-bond acceptors (Lipinski definition) is 4. The van der Waals surface area contributed by atoms with Crippen molar-refractivity contribution in [1.82, 2.24) is 5.32 Å². The lowest BCUT2D eigenvalue weighted by Gasteiger charge is -2.36. The summed E-state index contributed by atoms with van der Waals surface area (Å²) in [6.45, 7) is 2.00. The predicted molar refractivity (Wildman–Crippen MR) is 70.2 cm³/mol. The molecule has 0 saturated heterocycles. The summed E-state index contributed by atoms with van der Waals surface area (Å²) in [5, 5.41) is 23.0. The van der Waals surface area contributed by atoms with Gasteiger partial charge in [0.2, 0.25) is 5.91 Å². The zero-order chi connectivity index (χ0) is 14.3. The summed E-state index contributed by atoms with van der Waals surface area (Å²) in [5.74, 6) is -1.58. The number of carbonyl (C=O) groups is 2. The molecule has 6 heteroatoms. The number of nitrogens with one attached hydrogen (secondary N) is 1. The molecule has 1 aliphatic carbocycles. The molecule has 3 N–H and O–H groups in total. The molecule has 108 valence electrons. The monoisotopic (exact) mass is 270 g/mol. The van der Waals surface area contributed by atoms with Gasteiger partial charge < -0.3 is 15.6 Å². The van der Waals surface area contributed by atoms with Crippen molar-refractivity contribution < 1.29 is 19.9 Å². The number of rotatable bonds is 6. The molecule has 1 aliphatic rings. The van der Waals surface area contributed by atoms with Gasteiger partial charge in [-0.25, -0.2) is 0 Å². The second-order valence-corrected chi connectivity index (χ2v) is 5.40. The maximum absolute atomic E-state index is 11.7. The average Bonchev–Trinajstić information content (AvgIpc) is 2.36. The third-order valence-corrected chi connectivity index (χ3v) is 3.78. The number of hydrogen-bond donors (Lipinski definition) is 3. The van der Waals surface area contributed by atoms with Crippen LogP contribution in [0.5, 0.6) is 0 Å². The molecule has 0 spiro atoms. The highest BCUT2D eigenvalue weighted by Gasteiger charge is 2.34. The van der Waals surface area contributed by atoms with Crippen LogP contribution in [0.2, 0.25) is 0 Å². The Hall–Kier alpha value is -1.59. The maximum atomic E-state index is 11.7. The fourth-order valence-corrected chi connectivity index (χ4v) is 2.64. The highest BCUT2D eigenvalue weighted by molar-refractivity contribution is 5.92. The van der Waals surface area contributed by atoms with Crippen LogP contribution in [0, 0.1) is 11.3 Å². The first-order valence-corrected chi connectivity index (χ1v) is 6.66. The van der Waals surface area contributed by atoms with Gasteiger partial charge in [-0.15, -0.1) is 5.16 Å². The summed E-state index contributed by atoms with van der Waals surface area (Å²) in [7, 11) is 0. The van der Waals surface area contributed by atoms with E-state index in [1.807, 2.05) is 0 Å². The van der Waals surface area contributed by atoms with Gasteiger partial charge in [-0.2, -0.15) is 0 Å². The minimum Gasteiger partial charge on any atom is -0.481 e. The highest BCUT2D eigenvalue weighted by Crippen LogP contribution is 2.38. The molecule has 19 heavy (non-hydrogen) atoms. The molecule has 1 saturated carbocycles. The fraction of sp³-hybridized carbons (Fsp3) is 0.769. The Morgan fingerprint density at radius 1 is 1.37 bits per heavy atom. The summed E-state index contributed by atoms with van der Waals surface area (Å²) >= 11 is 0.